The van der Waals surface area contributed by atoms with E-state index in [1.165, 1.54) is 17.2 Å². The Morgan fingerprint density at radius 1 is 1.05 bits per heavy atom. The van der Waals surface area contributed by atoms with E-state index in [1.54, 1.807) is 6.07 Å². The van der Waals surface area contributed by atoms with Crippen LogP contribution in [-0.2, 0) is 26.1 Å². The number of benzene rings is 2. The Kier molecular flexibility index (Phi) is 3.81. The van der Waals surface area contributed by atoms with Crippen LogP contribution in [-0.4, -0.2) is 11.4 Å². The quantitative estimate of drug-likeness (QED) is 0.929. The lowest BCUT2D eigenvalue weighted by molar-refractivity contribution is 0.245. The molecule has 0 saturated heterocycles. The number of nitrogens with two attached hydrogens (primary N) is 1. The van der Waals surface area contributed by atoms with Crippen LogP contribution in [0.4, 0.5) is 4.39 Å². The van der Waals surface area contributed by atoms with Gasteiger partial charge in [0.2, 0.25) is 0 Å². The summed E-state index contributed by atoms with van der Waals surface area (Å²) >= 11 is 0. The summed E-state index contributed by atoms with van der Waals surface area (Å²) in [5, 5.41) is 0. The van der Waals surface area contributed by atoms with Gasteiger partial charge in [0.15, 0.2) is 0 Å². The van der Waals surface area contributed by atoms with Crippen LogP contribution in [0.1, 0.15) is 22.3 Å². The van der Waals surface area contributed by atoms with Gasteiger partial charge in [0.25, 0.3) is 0 Å². The second-order valence-electron chi connectivity index (χ2n) is 5.35. The van der Waals surface area contributed by atoms with Gasteiger partial charge in [-0.3, -0.25) is 4.90 Å². The summed E-state index contributed by atoms with van der Waals surface area (Å²) in [7, 11) is 0. The van der Waals surface area contributed by atoms with Crippen molar-refractivity contribution in [3.8, 4) is 0 Å². The molecule has 2 nitrogen and oxygen atoms in total. The van der Waals surface area contributed by atoms with Crippen molar-refractivity contribution in [2.75, 3.05) is 6.54 Å². The molecule has 0 spiro atoms. The summed E-state index contributed by atoms with van der Waals surface area (Å²) in [6, 6.07) is 13.5. The average Bonchev–Trinajstić information content (AvgIpc) is 2.49. The van der Waals surface area contributed by atoms with Gasteiger partial charge >= 0.3 is 0 Å². The Morgan fingerprint density at radius 2 is 1.85 bits per heavy atom. The minimum atomic E-state index is -0.210. The molecular weight excluding hydrogens is 251 g/mol. The fraction of sp³-hybridized carbons (Fsp3) is 0.294. The first-order valence-corrected chi connectivity index (χ1v) is 7.03. The Morgan fingerprint density at radius 3 is 2.65 bits per heavy atom. The monoisotopic (exact) mass is 270 g/mol. The molecule has 0 saturated carbocycles. The van der Waals surface area contributed by atoms with Crippen molar-refractivity contribution in [2.24, 2.45) is 5.73 Å². The van der Waals surface area contributed by atoms with E-state index in [0.29, 0.717) is 6.54 Å². The van der Waals surface area contributed by atoms with Crippen LogP contribution in [0.3, 0.4) is 0 Å². The predicted octanol–water partition coefficient (Wildman–Crippen LogP) is 2.84. The summed E-state index contributed by atoms with van der Waals surface area (Å²) in [6.45, 7) is 3.22. The van der Waals surface area contributed by atoms with E-state index in [4.69, 9.17) is 5.73 Å². The zero-order valence-corrected chi connectivity index (χ0v) is 11.5. The minimum absolute atomic E-state index is 0.210. The highest BCUT2D eigenvalue weighted by molar-refractivity contribution is 5.31. The molecule has 3 rings (SSSR count). The maximum Gasteiger partial charge on any atom is 0.123 e. The summed E-state index contributed by atoms with van der Waals surface area (Å²) in [6.07, 6.45) is 1.08. The molecule has 1 heterocycles. The van der Waals surface area contributed by atoms with Gasteiger partial charge in [0, 0.05) is 26.2 Å². The summed E-state index contributed by atoms with van der Waals surface area (Å²) in [5.41, 5.74) is 10.6. The van der Waals surface area contributed by atoms with E-state index in [1.807, 2.05) is 6.07 Å². The highest BCUT2D eigenvalue weighted by Crippen LogP contribution is 2.21. The van der Waals surface area contributed by atoms with Crippen molar-refractivity contribution in [1.29, 1.82) is 0 Å². The number of halogens is 1. The normalized spacial score (nSPS) is 15.1. The van der Waals surface area contributed by atoms with E-state index in [0.717, 1.165) is 37.2 Å². The van der Waals surface area contributed by atoms with E-state index in [2.05, 4.69) is 29.2 Å². The highest BCUT2D eigenvalue weighted by atomic mass is 19.1. The van der Waals surface area contributed by atoms with Gasteiger partial charge < -0.3 is 5.73 Å². The molecule has 0 radical (unpaired) electrons. The molecule has 2 aromatic rings. The molecule has 2 N–H and O–H groups in total. The van der Waals surface area contributed by atoms with Crippen LogP contribution in [0, 0.1) is 5.82 Å². The lowest BCUT2D eigenvalue weighted by atomic mass is 9.99. The molecule has 0 fully saturated rings. The van der Waals surface area contributed by atoms with Crippen molar-refractivity contribution in [3.63, 3.8) is 0 Å². The molecule has 0 amide bonds. The van der Waals surface area contributed by atoms with Gasteiger partial charge in [-0.25, -0.2) is 4.39 Å². The smallest absolute Gasteiger partial charge is 0.123 e. The summed E-state index contributed by atoms with van der Waals surface area (Å²) < 4.78 is 13.2. The van der Waals surface area contributed by atoms with Gasteiger partial charge in [-0.05, 0) is 40.8 Å². The number of rotatable bonds is 3. The second-order valence-corrected chi connectivity index (χ2v) is 5.35. The molecule has 20 heavy (non-hydrogen) atoms. The number of fused-ring (bicyclic) bond motifs is 1. The SMILES string of the molecule is NCc1cc(F)ccc1CN1CCc2ccccc2C1. The first-order chi connectivity index (χ1) is 9.76. The fourth-order valence-corrected chi connectivity index (χ4v) is 2.87. The lowest BCUT2D eigenvalue weighted by Gasteiger charge is -2.29. The number of hydrogen-bond acceptors (Lipinski definition) is 2. The molecule has 0 atom stereocenters. The predicted molar refractivity (Wildman–Crippen MR) is 78.6 cm³/mol. The van der Waals surface area contributed by atoms with Gasteiger partial charge in [-0.15, -0.1) is 0 Å². The van der Waals surface area contributed by atoms with Gasteiger partial charge in [0.05, 0.1) is 0 Å². The molecule has 1 aliphatic rings. The van der Waals surface area contributed by atoms with Crippen molar-refractivity contribution >= 4 is 0 Å². The van der Waals surface area contributed by atoms with E-state index in [-0.39, 0.29) is 5.82 Å². The first kappa shape index (κ1) is 13.3. The number of hydrogen-bond donors (Lipinski definition) is 1. The van der Waals surface area contributed by atoms with E-state index < -0.39 is 0 Å². The molecule has 0 aliphatic carbocycles. The molecule has 0 bridgehead atoms. The highest BCUT2D eigenvalue weighted by Gasteiger charge is 2.16. The Balaban J connectivity index is 1.77. The largest absolute Gasteiger partial charge is 0.326 e. The second kappa shape index (κ2) is 5.73. The van der Waals surface area contributed by atoms with Crippen LogP contribution in [0.2, 0.25) is 0 Å². The minimum Gasteiger partial charge on any atom is -0.326 e. The van der Waals surface area contributed by atoms with Crippen molar-refractivity contribution in [2.45, 2.75) is 26.1 Å². The molecule has 3 heteroatoms. The van der Waals surface area contributed by atoms with Crippen molar-refractivity contribution < 1.29 is 4.39 Å². The fourth-order valence-electron chi connectivity index (χ4n) is 2.87. The summed E-state index contributed by atoms with van der Waals surface area (Å²) in [4.78, 5) is 2.40. The Labute approximate surface area is 119 Å². The standard InChI is InChI=1S/C17H19FN2/c18-17-6-5-15(16(9-17)10-19)12-20-8-7-13-3-1-2-4-14(13)11-20/h1-6,9H,7-8,10-12,19H2. The molecule has 1 aliphatic heterocycles. The summed E-state index contributed by atoms with van der Waals surface area (Å²) in [5.74, 6) is -0.210. The van der Waals surface area contributed by atoms with Gasteiger partial charge in [-0.2, -0.15) is 0 Å². The molecule has 0 unspecified atom stereocenters. The maximum atomic E-state index is 13.2. The Hall–Kier alpha value is -1.71. The van der Waals surface area contributed by atoms with Crippen LogP contribution in [0.5, 0.6) is 0 Å². The van der Waals surface area contributed by atoms with Crippen LogP contribution >= 0.6 is 0 Å². The topological polar surface area (TPSA) is 29.3 Å². The first-order valence-electron chi connectivity index (χ1n) is 7.03. The van der Waals surface area contributed by atoms with Crippen LogP contribution in [0.25, 0.3) is 0 Å². The third-order valence-electron chi connectivity index (χ3n) is 3.99. The van der Waals surface area contributed by atoms with E-state index in [9.17, 15) is 4.39 Å². The number of nitrogens with zero attached hydrogens (tertiary/aromatic N) is 1. The lowest BCUT2D eigenvalue weighted by Crippen LogP contribution is -2.30. The van der Waals surface area contributed by atoms with Crippen LogP contribution in [0.15, 0.2) is 42.5 Å². The molecule has 2 aromatic carbocycles. The third-order valence-corrected chi connectivity index (χ3v) is 3.99. The van der Waals surface area contributed by atoms with E-state index >= 15 is 0 Å². The molecule has 0 aromatic heterocycles. The third kappa shape index (κ3) is 2.74. The molecular formula is C17H19FN2. The molecule has 104 valence electrons. The maximum absolute atomic E-state index is 13.2. The van der Waals surface area contributed by atoms with Crippen LogP contribution < -0.4 is 5.73 Å². The zero-order chi connectivity index (χ0) is 13.9. The average molecular weight is 270 g/mol. The van der Waals surface area contributed by atoms with Gasteiger partial charge in [0.1, 0.15) is 5.82 Å². The van der Waals surface area contributed by atoms with Crippen molar-refractivity contribution in [1.82, 2.24) is 4.90 Å². The van der Waals surface area contributed by atoms with Crippen molar-refractivity contribution in [3.05, 3.63) is 70.5 Å². The zero-order valence-electron chi connectivity index (χ0n) is 11.5. The Bertz CT molecular complexity index is 610. The van der Waals surface area contributed by atoms with Gasteiger partial charge in [-0.1, -0.05) is 30.3 Å².